The number of carbonyl (C=O) groups is 2. The third-order valence-corrected chi connectivity index (χ3v) is 5.25. The minimum atomic E-state index is -0.657. The van der Waals surface area contributed by atoms with E-state index in [1.54, 1.807) is 17.9 Å². The number of fused-ring (bicyclic) bond motifs is 1. The highest BCUT2D eigenvalue weighted by Gasteiger charge is 2.32. The number of amides is 2. The lowest BCUT2D eigenvalue weighted by atomic mass is 9.87. The van der Waals surface area contributed by atoms with Crippen molar-refractivity contribution in [2.75, 3.05) is 6.54 Å². The number of benzene rings is 2. The van der Waals surface area contributed by atoms with Gasteiger partial charge >= 0.3 is 0 Å². The summed E-state index contributed by atoms with van der Waals surface area (Å²) in [5, 5.41) is 2.84. The van der Waals surface area contributed by atoms with Crippen molar-refractivity contribution in [2.45, 2.75) is 58.7 Å². The van der Waals surface area contributed by atoms with Crippen LogP contribution in [0.25, 0.3) is 0 Å². The molecule has 0 aromatic heterocycles. The molecule has 1 heterocycles. The summed E-state index contributed by atoms with van der Waals surface area (Å²) in [6, 6.07) is 11.7. The van der Waals surface area contributed by atoms with Gasteiger partial charge in [-0.15, -0.1) is 0 Å². The Kier molecular flexibility index (Phi) is 6.75. The Balaban J connectivity index is 1.97. The van der Waals surface area contributed by atoms with Crippen LogP contribution in [0.2, 0.25) is 0 Å². The van der Waals surface area contributed by atoms with Crippen molar-refractivity contribution >= 4 is 11.8 Å². The summed E-state index contributed by atoms with van der Waals surface area (Å²) in [6.07, 6.45) is 0.440. The largest absolute Gasteiger partial charge is 0.481 e. The average molecular weight is 413 g/mol. The second kappa shape index (κ2) is 9.28. The SMILES string of the molecule is CCC(=O)N1CCc2ccc(O[C@H](C)C(=O)NC(C)C)cc2[C@@H]1c1cccc(F)c1. The monoisotopic (exact) mass is 412 g/mol. The van der Waals surface area contributed by atoms with Crippen molar-refractivity contribution in [1.82, 2.24) is 10.2 Å². The third-order valence-electron chi connectivity index (χ3n) is 5.25. The summed E-state index contributed by atoms with van der Waals surface area (Å²) in [7, 11) is 0. The summed E-state index contributed by atoms with van der Waals surface area (Å²) in [5.74, 6) is 0.0420. The maximum absolute atomic E-state index is 14.0. The summed E-state index contributed by atoms with van der Waals surface area (Å²) >= 11 is 0. The zero-order valence-corrected chi connectivity index (χ0v) is 17.9. The number of hydrogen-bond donors (Lipinski definition) is 1. The van der Waals surface area contributed by atoms with Crippen molar-refractivity contribution < 1.29 is 18.7 Å². The molecule has 0 bridgehead atoms. The van der Waals surface area contributed by atoms with Crippen LogP contribution in [0.1, 0.15) is 56.8 Å². The topological polar surface area (TPSA) is 58.6 Å². The van der Waals surface area contributed by atoms with Gasteiger partial charge in [0.05, 0.1) is 6.04 Å². The van der Waals surface area contributed by atoms with Crippen LogP contribution in [0.15, 0.2) is 42.5 Å². The maximum Gasteiger partial charge on any atom is 0.260 e. The van der Waals surface area contributed by atoms with Gasteiger partial charge in [-0.1, -0.05) is 25.1 Å². The molecule has 0 saturated carbocycles. The van der Waals surface area contributed by atoms with E-state index in [1.165, 1.54) is 12.1 Å². The summed E-state index contributed by atoms with van der Waals surface area (Å²) in [5.41, 5.74) is 2.72. The van der Waals surface area contributed by atoms with Gasteiger partial charge in [-0.25, -0.2) is 4.39 Å². The number of nitrogens with zero attached hydrogens (tertiary/aromatic N) is 1. The fourth-order valence-corrected chi connectivity index (χ4v) is 3.83. The lowest BCUT2D eigenvalue weighted by Gasteiger charge is -2.38. The molecule has 6 heteroatoms. The first-order chi connectivity index (χ1) is 14.3. The molecule has 5 nitrogen and oxygen atoms in total. The highest BCUT2D eigenvalue weighted by molar-refractivity contribution is 5.81. The van der Waals surface area contributed by atoms with E-state index >= 15 is 0 Å². The molecule has 1 aliphatic heterocycles. The van der Waals surface area contributed by atoms with Gasteiger partial charge in [0.15, 0.2) is 6.10 Å². The van der Waals surface area contributed by atoms with Crippen molar-refractivity contribution in [2.24, 2.45) is 0 Å². The second-order valence-corrected chi connectivity index (χ2v) is 7.93. The van der Waals surface area contributed by atoms with Crippen molar-refractivity contribution in [3.05, 3.63) is 65.0 Å². The van der Waals surface area contributed by atoms with Crippen LogP contribution >= 0.6 is 0 Å². The van der Waals surface area contributed by atoms with E-state index in [0.717, 1.165) is 23.1 Å². The molecule has 1 N–H and O–H groups in total. The first-order valence-corrected chi connectivity index (χ1v) is 10.4. The molecule has 0 radical (unpaired) electrons. The fourth-order valence-electron chi connectivity index (χ4n) is 3.83. The fraction of sp³-hybridized carbons (Fsp3) is 0.417. The minimum absolute atomic E-state index is 0.0194. The van der Waals surface area contributed by atoms with Crippen LogP contribution < -0.4 is 10.1 Å². The summed E-state index contributed by atoms with van der Waals surface area (Å²) in [6.45, 7) is 7.90. The van der Waals surface area contributed by atoms with E-state index in [4.69, 9.17) is 4.74 Å². The molecule has 3 rings (SSSR count). The van der Waals surface area contributed by atoms with Crippen LogP contribution in [0.5, 0.6) is 5.75 Å². The standard InChI is InChI=1S/C24H29FN2O3/c1-5-22(28)27-12-11-17-9-10-20(30-16(4)24(29)26-15(2)3)14-21(17)23(27)18-7-6-8-19(25)13-18/h6-10,13-16,23H,5,11-12H2,1-4H3,(H,26,29)/t16-,23+/m1/s1. The molecule has 1 aliphatic rings. The molecular weight excluding hydrogens is 383 g/mol. The number of ether oxygens (including phenoxy) is 1. The number of nitrogens with one attached hydrogen (secondary N) is 1. The molecule has 160 valence electrons. The van der Waals surface area contributed by atoms with Gasteiger partial charge in [-0.05, 0) is 68.1 Å². The molecule has 0 fully saturated rings. The molecule has 0 unspecified atom stereocenters. The Labute approximate surface area is 177 Å². The van der Waals surface area contributed by atoms with Crippen molar-refractivity contribution in [3.63, 3.8) is 0 Å². The van der Waals surface area contributed by atoms with Crippen LogP contribution in [-0.4, -0.2) is 35.4 Å². The normalized spacial score (nSPS) is 16.7. The second-order valence-electron chi connectivity index (χ2n) is 7.93. The van der Waals surface area contributed by atoms with Crippen LogP contribution in [0, 0.1) is 5.82 Å². The van der Waals surface area contributed by atoms with Crippen LogP contribution in [0.3, 0.4) is 0 Å². The number of hydrogen-bond acceptors (Lipinski definition) is 3. The third kappa shape index (κ3) is 4.81. The highest BCUT2D eigenvalue weighted by atomic mass is 19.1. The summed E-state index contributed by atoms with van der Waals surface area (Å²) in [4.78, 5) is 26.7. The highest BCUT2D eigenvalue weighted by Crippen LogP contribution is 2.37. The van der Waals surface area contributed by atoms with Gasteiger partial charge in [0, 0.05) is 19.0 Å². The maximum atomic E-state index is 14.0. The molecular formula is C24H29FN2O3. The smallest absolute Gasteiger partial charge is 0.260 e. The number of rotatable bonds is 6. The van der Waals surface area contributed by atoms with E-state index in [9.17, 15) is 14.0 Å². The van der Waals surface area contributed by atoms with E-state index in [1.807, 2.05) is 45.0 Å². The quantitative estimate of drug-likeness (QED) is 0.780. The predicted molar refractivity (Wildman–Crippen MR) is 114 cm³/mol. The van der Waals surface area contributed by atoms with Gasteiger partial charge in [0.2, 0.25) is 5.91 Å². The molecule has 0 aliphatic carbocycles. The Morgan fingerprint density at radius 3 is 2.63 bits per heavy atom. The van der Waals surface area contributed by atoms with E-state index < -0.39 is 6.10 Å². The number of carbonyl (C=O) groups excluding carboxylic acids is 2. The molecule has 0 spiro atoms. The Morgan fingerprint density at radius 1 is 1.20 bits per heavy atom. The zero-order valence-electron chi connectivity index (χ0n) is 17.9. The van der Waals surface area contributed by atoms with Gasteiger partial charge in [-0.3, -0.25) is 9.59 Å². The molecule has 2 atom stereocenters. The van der Waals surface area contributed by atoms with Crippen LogP contribution in [-0.2, 0) is 16.0 Å². The van der Waals surface area contributed by atoms with Crippen molar-refractivity contribution in [3.8, 4) is 5.75 Å². The number of halogens is 1. The van der Waals surface area contributed by atoms with E-state index in [0.29, 0.717) is 18.7 Å². The van der Waals surface area contributed by atoms with Gasteiger partial charge < -0.3 is 15.0 Å². The molecule has 2 aromatic rings. The lowest BCUT2D eigenvalue weighted by molar-refractivity contribution is -0.133. The Bertz CT molecular complexity index is 928. The molecule has 30 heavy (non-hydrogen) atoms. The molecule has 2 amide bonds. The Hall–Kier alpha value is -2.89. The van der Waals surface area contributed by atoms with E-state index in [-0.39, 0.29) is 29.7 Å². The molecule has 0 saturated heterocycles. The molecule has 2 aromatic carbocycles. The first-order valence-electron chi connectivity index (χ1n) is 10.4. The van der Waals surface area contributed by atoms with Crippen LogP contribution in [0.4, 0.5) is 4.39 Å². The van der Waals surface area contributed by atoms with Crippen molar-refractivity contribution in [1.29, 1.82) is 0 Å². The zero-order chi connectivity index (χ0) is 21.8. The van der Waals surface area contributed by atoms with Gasteiger partial charge in [0.1, 0.15) is 11.6 Å². The van der Waals surface area contributed by atoms with Gasteiger partial charge in [0.25, 0.3) is 5.91 Å². The summed E-state index contributed by atoms with van der Waals surface area (Å²) < 4.78 is 19.9. The average Bonchev–Trinajstić information content (AvgIpc) is 2.71. The minimum Gasteiger partial charge on any atom is -0.481 e. The van der Waals surface area contributed by atoms with Gasteiger partial charge in [-0.2, -0.15) is 0 Å². The predicted octanol–water partition coefficient (Wildman–Crippen LogP) is 4.00. The first kappa shape index (κ1) is 21.8. The lowest BCUT2D eigenvalue weighted by Crippen LogP contribution is -2.41. The van der Waals surface area contributed by atoms with E-state index in [2.05, 4.69) is 5.32 Å². The Morgan fingerprint density at radius 2 is 1.97 bits per heavy atom.